The number of amides is 1. The van der Waals surface area contributed by atoms with Gasteiger partial charge in [-0.15, -0.1) is 11.3 Å². The molecule has 1 amide bonds. The summed E-state index contributed by atoms with van der Waals surface area (Å²) in [6, 6.07) is 0.0550. The highest BCUT2D eigenvalue weighted by Crippen LogP contribution is 2.21. The van der Waals surface area contributed by atoms with E-state index in [1.165, 1.54) is 21.9 Å². The molecule has 0 aromatic carbocycles. The van der Waals surface area contributed by atoms with Gasteiger partial charge in [0.25, 0.3) is 11.5 Å². The number of carbonyl (C=O) groups is 1. The zero-order valence-corrected chi connectivity index (χ0v) is 14.1. The van der Waals surface area contributed by atoms with Crippen molar-refractivity contribution in [2.75, 3.05) is 6.54 Å². The second-order valence-corrected chi connectivity index (χ2v) is 6.94. The maximum absolute atomic E-state index is 12.9. The molecule has 1 fully saturated rings. The Morgan fingerprint density at radius 1 is 1.42 bits per heavy atom. The molecule has 7 nitrogen and oxygen atoms in total. The van der Waals surface area contributed by atoms with Gasteiger partial charge in [-0.2, -0.15) is 5.10 Å². The summed E-state index contributed by atoms with van der Waals surface area (Å²) in [5.41, 5.74) is 0.928. The van der Waals surface area contributed by atoms with Crippen molar-refractivity contribution in [1.82, 2.24) is 24.1 Å². The SMILES string of the molecule is Cc1cnn(C[C@@H]2CCCN2C(=O)c2cnc3sccn3c2=O)c1. The van der Waals surface area contributed by atoms with E-state index < -0.39 is 0 Å². The Kier molecular flexibility index (Phi) is 3.68. The van der Waals surface area contributed by atoms with Crippen LogP contribution in [0.1, 0.15) is 28.8 Å². The smallest absolute Gasteiger partial charge is 0.271 e. The van der Waals surface area contributed by atoms with Crippen LogP contribution in [-0.2, 0) is 6.54 Å². The van der Waals surface area contributed by atoms with Crippen molar-refractivity contribution < 1.29 is 4.79 Å². The largest absolute Gasteiger partial charge is 0.334 e. The fourth-order valence-corrected chi connectivity index (χ4v) is 3.88. The van der Waals surface area contributed by atoms with Crippen molar-refractivity contribution in [1.29, 1.82) is 0 Å². The summed E-state index contributed by atoms with van der Waals surface area (Å²) >= 11 is 1.37. The van der Waals surface area contributed by atoms with Gasteiger partial charge in [0, 0.05) is 30.5 Å². The minimum absolute atomic E-state index is 0.0550. The van der Waals surface area contributed by atoms with Crippen LogP contribution in [0.3, 0.4) is 0 Å². The van der Waals surface area contributed by atoms with E-state index in [9.17, 15) is 9.59 Å². The highest BCUT2D eigenvalue weighted by atomic mass is 32.1. The predicted molar refractivity (Wildman–Crippen MR) is 90.4 cm³/mol. The summed E-state index contributed by atoms with van der Waals surface area (Å²) in [6.45, 7) is 3.30. The van der Waals surface area contributed by atoms with Crippen LogP contribution in [0.5, 0.6) is 0 Å². The van der Waals surface area contributed by atoms with Crippen molar-refractivity contribution in [3.63, 3.8) is 0 Å². The number of aryl methyl sites for hydroxylation is 1. The average Bonchev–Trinajstić information content (AvgIpc) is 3.28. The summed E-state index contributed by atoms with van der Waals surface area (Å²) in [7, 11) is 0. The van der Waals surface area contributed by atoms with Crippen molar-refractivity contribution >= 4 is 22.2 Å². The molecule has 4 heterocycles. The maximum Gasteiger partial charge on any atom is 0.271 e. The highest BCUT2D eigenvalue weighted by molar-refractivity contribution is 7.15. The monoisotopic (exact) mass is 343 g/mol. The van der Waals surface area contributed by atoms with E-state index in [0.717, 1.165) is 18.4 Å². The molecule has 1 aliphatic heterocycles. The molecule has 0 spiro atoms. The lowest BCUT2D eigenvalue weighted by molar-refractivity contribution is 0.0719. The second-order valence-electron chi connectivity index (χ2n) is 6.07. The lowest BCUT2D eigenvalue weighted by atomic mass is 10.2. The molecule has 0 aliphatic carbocycles. The summed E-state index contributed by atoms with van der Waals surface area (Å²) in [5.74, 6) is -0.237. The number of thiazole rings is 1. The predicted octanol–water partition coefficient (Wildman–Crippen LogP) is 1.57. The Morgan fingerprint density at radius 3 is 3.08 bits per heavy atom. The molecule has 124 valence electrons. The Hall–Kier alpha value is -2.48. The van der Waals surface area contributed by atoms with Gasteiger partial charge in [-0.25, -0.2) is 4.98 Å². The van der Waals surface area contributed by atoms with Crippen LogP contribution < -0.4 is 5.56 Å². The number of likely N-dealkylation sites (tertiary alicyclic amines) is 1. The Labute approximate surface area is 142 Å². The summed E-state index contributed by atoms with van der Waals surface area (Å²) in [5, 5.41) is 6.09. The first-order valence-electron chi connectivity index (χ1n) is 7.88. The maximum atomic E-state index is 12.9. The Bertz CT molecular complexity index is 957. The first-order chi connectivity index (χ1) is 11.6. The number of hydrogen-bond acceptors (Lipinski definition) is 5. The zero-order valence-electron chi connectivity index (χ0n) is 13.3. The quantitative estimate of drug-likeness (QED) is 0.723. The molecule has 1 atom stereocenters. The molecule has 4 rings (SSSR count). The molecule has 0 radical (unpaired) electrons. The van der Waals surface area contributed by atoms with E-state index >= 15 is 0 Å². The standard InChI is InChI=1S/C16H17N5O2S/c1-11-7-18-19(9-11)10-12-3-2-4-20(12)14(22)13-8-17-16-21(15(13)23)5-6-24-16/h5-9,12H,2-4,10H2,1H3/t12-/m0/s1. The number of carbonyl (C=O) groups excluding carboxylic acids is 1. The first-order valence-corrected chi connectivity index (χ1v) is 8.76. The van der Waals surface area contributed by atoms with Crippen molar-refractivity contribution in [2.45, 2.75) is 32.4 Å². The minimum Gasteiger partial charge on any atom is -0.334 e. The van der Waals surface area contributed by atoms with Gasteiger partial charge < -0.3 is 4.90 Å². The number of aromatic nitrogens is 4. The molecule has 0 saturated carbocycles. The van der Waals surface area contributed by atoms with Crippen LogP contribution in [0.15, 0.2) is 35.0 Å². The fraction of sp³-hybridized carbons (Fsp3) is 0.375. The number of fused-ring (bicyclic) bond motifs is 1. The molecule has 3 aromatic rings. The zero-order chi connectivity index (χ0) is 16.7. The first kappa shape index (κ1) is 15.1. The van der Waals surface area contributed by atoms with Gasteiger partial charge in [0.15, 0.2) is 4.96 Å². The normalized spacial score (nSPS) is 17.7. The number of nitrogens with zero attached hydrogens (tertiary/aromatic N) is 5. The third-order valence-corrected chi connectivity index (χ3v) is 5.14. The number of rotatable bonds is 3. The van der Waals surface area contributed by atoms with Crippen LogP contribution in [0.25, 0.3) is 4.96 Å². The molecule has 0 bridgehead atoms. The average molecular weight is 343 g/mol. The molecule has 1 saturated heterocycles. The summed E-state index contributed by atoms with van der Waals surface area (Å²) < 4.78 is 3.29. The summed E-state index contributed by atoms with van der Waals surface area (Å²) in [4.78, 5) is 32.0. The van der Waals surface area contributed by atoms with Crippen LogP contribution in [0.4, 0.5) is 0 Å². The number of hydrogen-bond donors (Lipinski definition) is 0. The van der Waals surface area contributed by atoms with E-state index in [4.69, 9.17) is 0 Å². The molecule has 8 heteroatoms. The third-order valence-electron chi connectivity index (χ3n) is 4.37. The van der Waals surface area contributed by atoms with Crippen molar-refractivity contribution in [3.8, 4) is 0 Å². The van der Waals surface area contributed by atoms with Gasteiger partial charge in [0.05, 0.1) is 18.8 Å². The summed E-state index contributed by atoms with van der Waals surface area (Å²) in [6.07, 6.45) is 8.69. The second kappa shape index (κ2) is 5.86. The Morgan fingerprint density at radius 2 is 2.29 bits per heavy atom. The third kappa shape index (κ3) is 2.52. The van der Waals surface area contributed by atoms with Crippen LogP contribution in [-0.4, -0.2) is 42.6 Å². The van der Waals surface area contributed by atoms with E-state index in [2.05, 4.69) is 10.1 Å². The van der Waals surface area contributed by atoms with Gasteiger partial charge in [-0.05, 0) is 25.3 Å². The highest BCUT2D eigenvalue weighted by Gasteiger charge is 2.31. The lowest BCUT2D eigenvalue weighted by Crippen LogP contribution is -2.40. The molecule has 0 N–H and O–H groups in total. The molecular weight excluding hydrogens is 326 g/mol. The van der Waals surface area contributed by atoms with Crippen LogP contribution in [0.2, 0.25) is 0 Å². The van der Waals surface area contributed by atoms with E-state index in [-0.39, 0.29) is 23.1 Å². The van der Waals surface area contributed by atoms with Gasteiger partial charge in [0.2, 0.25) is 0 Å². The van der Waals surface area contributed by atoms with Crippen molar-refractivity contribution in [2.24, 2.45) is 0 Å². The van der Waals surface area contributed by atoms with Crippen molar-refractivity contribution in [3.05, 3.63) is 51.6 Å². The minimum atomic E-state index is -0.299. The van der Waals surface area contributed by atoms with E-state index in [0.29, 0.717) is 18.1 Å². The van der Waals surface area contributed by atoms with E-state index in [1.54, 1.807) is 16.5 Å². The lowest BCUT2D eigenvalue weighted by Gasteiger charge is -2.24. The molecule has 3 aromatic heterocycles. The van der Waals surface area contributed by atoms with Crippen LogP contribution in [0, 0.1) is 6.92 Å². The molecular formula is C16H17N5O2S. The topological polar surface area (TPSA) is 72.5 Å². The molecule has 0 unspecified atom stereocenters. The van der Waals surface area contributed by atoms with Gasteiger partial charge >= 0.3 is 0 Å². The molecule has 1 aliphatic rings. The van der Waals surface area contributed by atoms with Gasteiger partial charge in [-0.1, -0.05) is 0 Å². The Balaban J connectivity index is 1.62. The fourth-order valence-electron chi connectivity index (χ4n) is 3.20. The van der Waals surface area contributed by atoms with Crippen LogP contribution >= 0.6 is 11.3 Å². The van der Waals surface area contributed by atoms with Gasteiger partial charge in [0.1, 0.15) is 5.56 Å². The van der Waals surface area contributed by atoms with E-state index in [1.807, 2.05) is 24.0 Å². The van der Waals surface area contributed by atoms with Gasteiger partial charge in [-0.3, -0.25) is 18.7 Å². The molecule has 24 heavy (non-hydrogen) atoms.